The van der Waals surface area contributed by atoms with Gasteiger partial charge in [-0.25, -0.2) is 4.79 Å². The Labute approximate surface area is 76.6 Å². The molecule has 4 heteroatoms. The number of oxime groups is 1. The first-order chi connectivity index (χ1) is 5.93. The maximum atomic E-state index is 10.6. The largest absolute Gasteiger partial charge is 0.477 e. The summed E-state index contributed by atoms with van der Waals surface area (Å²) < 4.78 is 0. The number of rotatable bonds is 1. The topological polar surface area (TPSA) is 58.9 Å². The highest BCUT2D eigenvalue weighted by Crippen LogP contribution is 2.53. The number of carboxylic acid groups (broad SMARTS) is 1. The zero-order chi connectivity index (χ0) is 9.69. The smallest absolute Gasteiger partial charge is 0.353 e. The summed E-state index contributed by atoms with van der Waals surface area (Å²) in [7, 11) is 0. The third-order valence-electron chi connectivity index (χ3n) is 2.69. The highest BCUT2D eigenvalue weighted by Gasteiger charge is 2.55. The Bertz CT molecular complexity index is 285. The molecule has 1 aliphatic heterocycles. The molecule has 1 fully saturated rings. The van der Waals surface area contributed by atoms with Crippen molar-refractivity contribution >= 4 is 11.7 Å². The molecule has 13 heavy (non-hydrogen) atoms. The van der Waals surface area contributed by atoms with Crippen LogP contribution in [-0.4, -0.2) is 22.4 Å². The fourth-order valence-electron chi connectivity index (χ4n) is 2.52. The molecule has 1 N–H and O–H groups in total. The average molecular weight is 183 g/mol. The van der Waals surface area contributed by atoms with Crippen LogP contribution in [0.1, 0.15) is 33.1 Å². The summed E-state index contributed by atoms with van der Waals surface area (Å²) >= 11 is 0. The normalized spacial score (nSPS) is 27.7. The molecule has 1 heterocycles. The van der Waals surface area contributed by atoms with Crippen LogP contribution in [0.4, 0.5) is 0 Å². The standard InChI is InChI=1S/C9H13NO3/c1-8(2)4-9(5-8)3-6(7(11)12)10-13-9/h3-5H2,1-2H3,(H,11,12). The second kappa shape index (κ2) is 2.25. The highest BCUT2D eigenvalue weighted by molar-refractivity contribution is 6.36. The zero-order valence-electron chi connectivity index (χ0n) is 7.83. The van der Waals surface area contributed by atoms with Crippen molar-refractivity contribution in [2.75, 3.05) is 0 Å². The quantitative estimate of drug-likeness (QED) is 0.668. The fourth-order valence-corrected chi connectivity index (χ4v) is 2.52. The van der Waals surface area contributed by atoms with Crippen LogP contribution in [0.3, 0.4) is 0 Å². The predicted molar refractivity (Wildman–Crippen MR) is 46.5 cm³/mol. The van der Waals surface area contributed by atoms with E-state index < -0.39 is 5.97 Å². The number of hydrogen-bond acceptors (Lipinski definition) is 3. The Morgan fingerprint density at radius 3 is 2.54 bits per heavy atom. The van der Waals surface area contributed by atoms with Gasteiger partial charge < -0.3 is 9.94 Å². The summed E-state index contributed by atoms with van der Waals surface area (Å²) in [6, 6.07) is 0. The monoisotopic (exact) mass is 183 g/mol. The highest BCUT2D eigenvalue weighted by atomic mass is 16.7. The Morgan fingerprint density at radius 1 is 1.54 bits per heavy atom. The van der Waals surface area contributed by atoms with Gasteiger partial charge >= 0.3 is 5.97 Å². The molecule has 2 aliphatic rings. The minimum absolute atomic E-state index is 0.163. The summed E-state index contributed by atoms with van der Waals surface area (Å²) in [5, 5.41) is 12.3. The van der Waals surface area contributed by atoms with Crippen LogP contribution in [0.2, 0.25) is 0 Å². The maximum absolute atomic E-state index is 10.6. The van der Waals surface area contributed by atoms with E-state index in [2.05, 4.69) is 19.0 Å². The van der Waals surface area contributed by atoms with Gasteiger partial charge in [0.25, 0.3) is 0 Å². The first-order valence-corrected chi connectivity index (χ1v) is 4.41. The van der Waals surface area contributed by atoms with Gasteiger partial charge in [-0.05, 0) is 18.3 Å². The second-order valence-corrected chi connectivity index (χ2v) is 4.81. The van der Waals surface area contributed by atoms with E-state index in [9.17, 15) is 4.79 Å². The molecule has 4 nitrogen and oxygen atoms in total. The molecule has 0 atom stereocenters. The molecule has 72 valence electrons. The van der Waals surface area contributed by atoms with Crippen LogP contribution in [-0.2, 0) is 9.63 Å². The second-order valence-electron chi connectivity index (χ2n) is 4.81. The van der Waals surface area contributed by atoms with Crippen LogP contribution >= 0.6 is 0 Å². The molecule has 2 rings (SSSR count). The van der Waals surface area contributed by atoms with Crippen molar-refractivity contribution < 1.29 is 14.7 Å². The van der Waals surface area contributed by atoms with Crippen molar-refractivity contribution in [3.05, 3.63) is 0 Å². The van der Waals surface area contributed by atoms with Crippen LogP contribution < -0.4 is 0 Å². The fraction of sp³-hybridized carbons (Fsp3) is 0.778. The van der Waals surface area contributed by atoms with E-state index in [1.165, 1.54) is 0 Å². The van der Waals surface area contributed by atoms with Crippen molar-refractivity contribution in [2.45, 2.75) is 38.7 Å². The van der Waals surface area contributed by atoms with Gasteiger partial charge in [0.05, 0.1) is 0 Å². The summed E-state index contributed by atoms with van der Waals surface area (Å²) in [4.78, 5) is 15.8. The lowest BCUT2D eigenvalue weighted by Crippen LogP contribution is -2.49. The molecule has 1 spiro atoms. The molecule has 0 aromatic rings. The van der Waals surface area contributed by atoms with Crippen LogP contribution in [0.25, 0.3) is 0 Å². The van der Waals surface area contributed by atoms with Gasteiger partial charge in [0.2, 0.25) is 0 Å². The Morgan fingerprint density at radius 2 is 2.15 bits per heavy atom. The molecule has 0 radical (unpaired) electrons. The van der Waals surface area contributed by atoms with E-state index in [0.717, 1.165) is 12.8 Å². The van der Waals surface area contributed by atoms with Crippen molar-refractivity contribution in [2.24, 2.45) is 10.6 Å². The van der Waals surface area contributed by atoms with Crippen molar-refractivity contribution in [3.63, 3.8) is 0 Å². The van der Waals surface area contributed by atoms with E-state index in [-0.39, 0.29) is 16.7 Å². The molecular formula is C9H13NO3. The van der Waals surface area contributed by atoms with E-state index in [1.807, 2.05) is 0 Å². The lowest BCUT2D eigenvalue weighted by Gasteiger charge is -2.48. The molecular weight excluding hydrogens is 170 g/mol. The summed E-state index contributed by atoms with van der Waals surface area (Å²) in [5.74, 6) is -0.957. The molecule has 0 saturated heterocycles. The molecule has 0 aromatic heterocycles. The minimum atomic E-state index is -0.957. The van der Waals surface area contributed by atoms with Gasteiger partial charge in [0, 0.05) is 6.42 Å². The van der Waals surface area contributed by atoms with Gasteiger partial charge in [-0.1, -0.05) is 19.0 Å². The lowest BCUT2D eigenvalue weighted by molar-refractivity contribution is -0.139. The Balaban J connectivity index is 2.01. The van der Waals surface area contributed by atoms with Gasteiger partial charge in [0.1, 0.15) is 5.60 Å². The molecule has 1 saturated carbocycles. The van der Waals surface area contributed by atoms with Crippen LogP contribution in [0, 0.1) is 5.41 Å². The van der Waals surface area contributed by atoms with Crippen molar-refractivity contribution in [3.8, 4) is 0 Å². The molecule has 1 aliphatic carbocycles. The van der Waals surface area contributed by atoms with E-state index in [1.54, 1.807) is 0 Å². The number of carboxylic acids is 1. The van der Waals surface area contributed by atoms with Crippen LogP contribution in [0.5, 0.6) is 0 Å². The van der Waals surface area contributed by atoms with Crippen LogP contribution in [0.15, 0.2) is 5.16 Å². The zero-order valence-corrected chi connectivity index (χ0v) is 7.83. The van der Waals surface area contributed by atoms with Gasteiger partial charge in [-0.15, -0.1) is 0 Å². The van der Waals surface area contributed by atoms with E-state index in [0.29, 0.717) is 6.42 Å². The first-order valence-electron chi connectivity index (χ1n) is 4.41. The SMILES string of the molecule is CC1(C)CC2(CC(C(=O)O)=NO2)C1. The van der Waals surface area contributed by atoms with Gasteiger partial charge in [-0.3, -0.25) is 0 Å². The number of carbonyl (C=O) groups is 1. The number of nitrogens with zero attached hydrogens (tertiary/aromatic N) is 1. The number of hydrogen-bond donors (Lipinski definition) is 1. The third kappa shape index (κ3) is 1.30. The van der Waals surface area contributed by atoms with E-state index in [4.69, 9.17) is 9.94 Å². The summed E-state index contributed by atoms with van der Waals surface area (Å²) in [6.45, 7) is 4.31. The summed E-state index contributed by atoms with van der Waals surface area (Å²) in [5.41, 5.74) is 0.163. The minimum Gasteiger partial charge on any atom is -0.477 e. The molecule has 0 amide bonds. The maximum Gasteiger partial charge on any atom is 0.353 e. The van der Waals surface area contributed by atoms with Gasteiger partial charge in [-0.2, -0.15) is 0 Å². The first kappa shape index (κ1) is 8.53. The molecule has 0 aromatic carbocycles. The third-order valence-corrected chi connectivity index (χ3v) is 2.69. The Hall–Kier alpha value is -1.06. The lowest BCUT2D eigenvalue weighted by atomic mass is 9.60. The number of aliphatic carboxylic acids is 1. The molecule has 0 bridgehead atoms. The van der Waals surface area contributed by atoms with Crippen molar-refractivity contribution in [1.29, 1.82) is 0 Å². The molecule has 0 unspecified atom stereocenters. The average Bonchev–Trinajstić information content (AvgIpc) is 2.29. The Kier molecular flexibility index (Phi) is 1.47. The van der Waals surface area contributed by atoms with E-state index >= 15 is 0 Å². The predicted octanol–water partition coefficient (Wildman–Crippen LogP) is 1.41. The summed E-state index contributed by atoms with van der Waals surface area (Å²) in [6.07, 6.45) is 2.27. The van der Waals surface area contributed by atoms with Crippen molar-refractivity contribution in [1.82, 2.24) is 0 Å². The van der Waals surface area contributed by atoms with Gasteiger partial charge in [0.15, 0.2) is 5.71 Å².